The van der Waals surface area contributed by atoms with E-state index in [0.29, 0.717) is 12.8 Å². The molecule has 2 rings (SSSR count). The fourth-order valence-corrected chi connectivity index (χ4v) is 2.14. The molecular formula is C13H18O4. The maximum atomic E-state index is 9.73. The molecule has 1 heterocycles. The summed E-state index contributed by atoms with van der Waals surface area (Å²) in [5.41, 5.74) is 1.00. The average Bonchev–Trinajstić information content (AvgIpc) is 2.38. The van der Waals surface area contributed by atoms with Gasteiger partial charge in [0.05, 0.1) is 32.0 Å². The normalized spacial score (nSPS) is 29.0. The van der Waals surface area contributed by atoms with E-state index in [-0.39, 0.29) is 18.8 Å². The molecular weight excluding hydrogens is 220 g/mol. The van der Waals surface area contributed by atoms with Gasteiger partial charge >= 0.3 is 0 Å². The van der Waals surface area contributed by atoms with Crippen LogP contribution in [0.4, 0.5) is 0 Å². The van der Waals surface area contributed by atoms with Gasteiger partial charge in [0.25, 0.3) is 0 Å². The van der Waals surface area contributed by atoms with Gasteiger partial charge in [-0.1, -0.05) is 12.1 Å². The Labute approximate surface area is 101 Å². The fourth-order valence-electron chi connectivity index (χ4n) is 2.14. The monoisotopic (exact) mass is 238 g/mol. The van der Waals surface area contributed by atoms with Gasteiger partial charge in [-0.15, -0.1) is 0 Å². The molecule has 0 bridgehead atoms. The zero-order chi connectivity index (χ0) is 12.3. The van der Waals surface area contributed by atoms with Crippen molar-refractivity contribution in [1.29, 1.82) is 0 Å². The Morgan fingerprint density at radius 3 is 2.59 bits per heavy atom. The molecule has 1 fully saturated rings. The van der Waals surface area contributed by atoms with E-state index in [1.807, 2.05) is 24.3 Å². The molecule has 17 heavy (non-hydrogen) atoms. The Bertz CT molecular complexity index is 349. The van der Waals surface area contributed by atoms with Crippen LogP contribution in [0.2, 0.25) is 0 Å². The van der Waals surface area contributed by atoms with E-state index in [4.69, 9.17) is 14.6 Å². The summed E-state index contributed by atoms with van der Waals surface area (Å²) in [6, 6.07) is 7.59. The molecule has 3 atom stereocenters. The van der Waals surface area contributed by atoms with Gasteiger partial charge < -0.3 is 19.7 Å². The van der Waals surface area contributed by atoms with Crippen molar-refractivity contribution >= 4 is 0 Å². The first-order chi connectivity index (χ1) is 8.22. The molecule has 0 aliphatic carbocycles. The molecule has 2 N–H and O–H groups in total. The van der Waals surface area contributed by atoms with Crippen LogP contribution < -0.4 is 4.74 Å². The van der Waals surface area contributed by atoms with Crippen molar-refractivity contribution in [3.8, 4) is 5.75 Å². The van der Waals surface area contributed by atoms with Crippen molar-refractivity contribution in [1.82, 2.24) is 0 Å². The van der Waals surface area contributed by atoms with Gasteiger partial charge in [0, 0.05) is 12.8 Å². The minimum Gasteiger partial charge on any atom is -0.497 e. The minimum absolute atomic E-state index is 0.0519. The lowest BCUT2D eigenvalue weighted by Crippen LogP contribution is -2.33. The quantitative estimate of drug-likeness (QED) is 0.832. The fraction of sp³-hybridized carbons (Fsp3) is 0.538. The second-order valence-corrected chi connectivity index (χ2v) is 4.33. The van der Waals surface area contributed by atoms with Crippen LogP contribution >= 0.6 is 0 Å². The highest BCUT2D eigenvalue weighted by molar-refractivity contribution is 5.28. The van der Waals surface area contributed by atoms with Crippen LogP contribution in [0.3, 0.4) is 0 Å². The second-order valence-electron chi connectivity index (χ2n) is 4.33. The lowest BCUT2D eigenvalue weighted by Gasteiger charge is -2.32. The zero-order valence-corrected chi connectivity index (χ0v) is 9.87. The first kappa shape index (κ1) is 12.4. The molecule has 1 aliphatic heterocycles. The number of hydrogen-bond donors (Lipinski definition) is 2. The van der Waals surface area contributed by atoms with E-state index in [9.17, 15) is 5.11 Å². The van der Waals surface area contributed by atoms with Crippen LogP contribution in [0, 0.1) is 0 Å². The molecule has 3 unspecified atom stereocenters. The van der Waals surface area contributed by atoms with Crippen molar-refractivity contribution in [3.05, 3.63) is 29.8 Å². The maximum Gasteiger partial charge on any atom is 0.118 e. The molecule has 1 aliphatic rings. The lowest BCUT2D eigenvalue weighted by atomic mass is 9.96. The average molecular weight is 238 g/mol. The zero-order valence-electron chi connectivity index (χ0n) is 9.87. The van der Waals surface area contributed by atoms with E-state index < -0.39 is 6.10 Å². The first-order valence-electron chi connectivity index (χ1n) is 5.81. The molecule has 4 heteroatoms. The maximum absolute atomic E-state index is 9.73. The molecule has 0 spiro atoms. The summed E-state index contributed by atoms with van der Waals surface area (Å²) in [6.07, 6.45) is 0.243. The third-order valence-electron chi connectivity index (χ3n) is 3.07. The molecule has 1 saturated heterocycles. The van der Waals surface area contributed by atoms with Crippen LogP contribution in [-0.2, 0) is 4.74 Å². The molecule has 1 aromatic carbocycles. The summed E-state index contributed by atoms with van der Waals surface area (Å²) in [5.74, 6) is 0.795. The number of aliphatic hydroxyl groups excluding tert-OH is 2. The van der Waals surface area contributed by atoms with Crippen LogP contribution in [0.1, 0.15) is 24.5 Å². The Morgan fingerprint density at radius 2 is 2.00 bits per heavy atom. The Kier molecular flexibility index (Phi) is 3.99. The molecule has 0 saturated carbocycles. The number of ether oxygens (including phenoxy) is 2. The first-order valence-corrected chi connectivity index (χ1v) is 5.81. The summed E-state index contributed by atoms with van der Waals surface area (Å²) in [5, 5.41) is 18.8. The summed E-state index contributed by atoms with van der Waals surface area (Å²) in [7, 11) is 1.62. The number of rotatable bonds is 3. The number of methoxy groups -OCH3 is 1. The molecule has 1 aromatic rings. The number of hydrogen-bond acceptors (Lipinski definition) is 4. The van der Waals surface area contributed by atoms with Gasteiger partial charge in [0.15, 0.2) is 0 Å². The van der Waals surface area contributed by atoms with Crippen LogP contribution in [0.5, 0.6) is 5.75 Å². The van der Waals surface area contributed by atoms with E-state index in [2.05, 4.69) is 0 Å². The van der Waals surface area contributed by atoms with Gasteiger partial charge in [0.2, 0.25) is 0 Å². The number of benzene rings is 1. The van der Waals surface area contributed by atoms with Crippen molar-refractivity contribution in [2.24, 2.45) is 0 Å². The molecule has 0 amide bonds. The Balaban J connectivity index is 2.09. The third kappa shape index (κ3) is 2.97. The summed E-state index contributed by atoms with van der Waals surface area (Å²) in [6.45, 7) is -0.0519. The Hall–Kier alpha value is -1.10. The Morgan fingerprint density at radius 1 is 1.29 bits per heavy atom. The topological polar surface area (TPSA) is 58.9 Å². The highest BCUT2D eigenvalue weighted by atomic mass is 16.5. The van der Waals surface area contributed by atoms with Crippen LogP contribution in [0.15, 0.2) is 24.3 Å². The lowest BCUT2D eigenvalue weighted by molar-refractivity contribution is -0.113. The SMILES string of the molecule is COc1ccc(C2CC(O)CC(CO)O2)cc1. The molecule has 0 aromatic heterocycles. The van der Waals surface area contributed by atoms with E-state index in [0.717, 1.165) is 11.3 Å². The second kappa shape index (κ2) is 5.49. The van der Waals surface area contributed by atoms with E-state index in [1.165, 1.54) is 0 Å². The van der Waals surface area contributed by atoms with Crippen LogP contribution in [-0.4, -0.2) is 36.1 Å². The van der Waals surface area contributed by atoms with Gasteiger partial charge in [0.1, 0.15) is 5.75 Å². The molecule has 94 valence electrons. The molecule has 0 radical (unpaired) electrons. The van der Waals surface area contributed by atoms with Crippen molar-refractivity contribution < 1.29 is 19.7 Å². The molecule has 4 nitrogen and oxygen atoms in total. The predicted molar refractivity (Wildman–Crippen MR) is 62.9 cm³/mol. The van der Waals surface area contributed by atoms with Gasteiger partial charge in [-0.3, -0.25) is 0 Å². The smallest absolute Gasteiger partial charge is 0.118 e. The van der Waals surface area contributed by atoms with Gasteiger partial charge in [-0.25, -0.2) is 0 Å². The number of aliphatic hydroxyl groups is 2. The van der Waals surface area contributed by atoms with Crippen molar-refractivity contribution in [2.45, 2.75) is 31.2 Å². The van der Waals surface area contributed by atoms with Crippen molar-refractivity contribution in [2.75, 3.05) is 13.7 Å². The summed E-state index contributed by atoms with van der Waals surface area (Å²) in [4.78, 5) is 0. The van der Waals surface area contributed by atoms with Gasteiger partial charge in [-0.2, -0.15) is 0 Å². The summed E-state index contributed by atoms with van der Waals surface area (Å²) < 4.78 is 10.8. The highest BCUT2D eigenvalue weighted by Crippen LogP contribution is 2.32. The summed E-state index contributed by atoms with van der Waals surface area (Å²) >= 11 is 0. The van der Waals surface area contributed by atoms with E-state index >= 15 is 0 Å². The minimum atomic E-state index is -0.409. The van der Waals surface area contributed by atoms with Gasteiger partial charge in [-0.05, 0) is 17.7 Å². The predicted octanol–water partition coefficient (Wildman–Crippen LogP) is 1.27. The standard InChI is InChI=1S/C13H18O4/c1-16-11-4-2-9(3-5-11)13-7-10(15)6-12(8-14)17-13/h2-5,10,12-15H,6-8H2,1H3. The highest BCUT2D eigenvalue weighted by Gasteiger charge is 2.28. The van der Waals surface area contributed by atoms with E-state index in [1.54, 1.807) is 7.11 Å². The largest absolute Gasteiger partial charge is 0.497 e. The van der Waals surface area contributed by atoms with Crippen LogP contribution in [0.25, 0.3) is 0 Å². The van der Waals surface area contributed by atoms with Crippen molar-refractivity contribution in [3.63, 3.8) is 0 Å². The third-order valence-corrected chi connectivity index (χ3v) is 3.07.